The van der Waals surface area contributed by atoms with Gasteiger partial charge in [0.25, 0.3) is 0 Å². The zero-order chi connectivity index (χ0) is 19.1. The molecule has 0 spiro atoms. The van der Waals surface area contributed by atoms with Crippen molar-refractivity contribution in [3.8, 4) is 28.8 Å². The smallest absolute Gasteiger partial charge is 0.344 e. The number of hydrogen-bond donors (Lipinski definition) is 0. The van der Waals surface area contributed by atoms with Crippen molar-refractivity contribution >= 4 is 5.97 Å². The first-order valence-electron chi connectivity index (χ1n) is 8.07. The number of rotatable bonds is 7. The minimum atomic E-state index is -0.579. The summed E-state index contributed by atoms with van der Waals surface area (Å²) in [5, 5.41) is 13.0. The third-order valence-corrected chi connectivity index (χ3v) is 3.67. The second-order valence-electron chi connectivity index (χ2n) is 5.46. The van der Waals surface area contributed by atoms with Gasteiger partial charge in [-0.3, -0.25) is 0 Å². The van der Waals surface area contributed by atoms with Gasteiger partial charge in [0.15, 0.2) is 19.0 Å². The molecule has 136 valence electrons. The molecule has 1 aromatic heterocycles. The van der Waals surface area contributed by atoms with Crippen LogP contribution in [-0.2, 0) is 16.1 Å². The molecule has 0 aliphatic rings. The Morgan fingerprint density at radius 2 is 1.96 bits per heavy atom. The molecule has 0 unspecified atom stereocenters. The van der Waals surface area contributed by atoms with Crippen molar-refractivity contribution in [2.24, 2.45) is 0 Å². The van der Waals surface area contributed by atoms with Crippen molar-refractivity contribution in [1.29, 1.82) is 5.26 Å². The van der Waals surface area contributed by atoms with Gasteiger partial charge < -0.3 is 18.7 Å². The van der Waals surface area contributed by atoms with E-state index in [0.29, 0.717) is 22.8 Å². The maximum absolute atomic E-state index is 11.8. The zero-order valence-corrected chi connectivity index (χ0v) is 14.5. The average molecular weight is 364 g/mol. The van der Waals surface area contributed by atoms with E-state index >= 15 is 0 Å². The van der Waals surface area contributed by atoms with Gasteiger partial charge in [-0.15, -0.1) is 0 Å². The van der Waals surface area contributed by atoms with E-state index in [9.17, 15) is 4.79 Å². The Hall–Kier alpha value is -3.79. The zero-order valence-electron chi connectivity index (χ0n) is 14.5. The molecule has 0 atom stereocenters. The molecule has 0 fully saturated rings. The van der Waals surface area contributed by atoms with E-state index < -0.39 is 5.97 Å². The van der Waals surface area contributed by atoms with Crippen LogP contribution in [0.3, 0.4) is 0 Å². The fourth-order valence-corrected chi connectivity index (χ4v) is 2.29. The van der Waals surface area contributed by atoms with Crippen molar-refractivity contribution < 1.29 is 23.5 Å². The van der Waals surface area contributed by atoms with Crippen LogP contribution in [0.1, 0.15) is 11.3 Å². The molecule has 3 aromatic rings. The van der Waals surface area contributed by atoms with E-state index in [1.165, 1.54) is 0 Å². The number of carbonyl (C=O) groups excluding carboxylic acids is 1. The maximum atomic E-state index is 11.8. The van der Waals surface area contributed by atoms with E-state index in [1.807, 2.05) is 30.3 Å². The number of esters is 1. The lowest BCUT2D eigenvalue weighted by Crippen LogP contribution is -2.15. The van der Waals surface area contributed by atoms with E-state index in [2.05, 4.69) is 5.16 Å². The number of nitriles is 1. The highest BCUT2D eigenvalue weighted by atomic mass is 16.6. The molecular formula is C20H16N2O5. The predicted molar refractivity (Wildman–Crippen MR) is 94.9 cm³/mol. The van der Waals surface area contributed by atoms with Crippen molar-refractivity contribution in [2.45, 2.75) is 6.61 Å². The molecule has 0 radical (unpaired) electrons. The summed E-state index contributed by atoms with van der Waals surface area (Å²) in [5.74, 6) is 0.907. The van der Waals surface area contributed by atoms with Gasteiger partial charge >= 0.3 is 5.97 Å². The van der Waals surface area contributed by atoms with Gasteiger partial charge in [-0.25, -0.2) is 4.79 Å². The maximum Gasteiger partial charge on any atom is 0.344 e. The second kappa shape index (κ2) is 8.54. The van der Waals surface area contributed by atoms with Crippen LogP contribution in [0.5, 0.6) is 11.5 Å². The van der Waals surface area contributed by atoms with Crippen LogP contribution in [0.2, 0.25) is 0 Å². The number of hydrogen-bond acceptors (Lipinski definition) is 7. The molecule has 0 saturated carbocycles. The first-order chi connectivity index (χ1) is 13.2. The third kappa shape index (κ3) is 4.64. The van der Waals surface area contributed by atoms with Gasteiger partial charge in [0, 0.05) is 11.6 Å². The number of aromatic nitrogens is 1. The Morgan fingerprint density at radius 1 is 1.19 bits per heavy atom. The highest BCUT2D eigenvalue weighted by Crippen LogP contribution is 2.22. The summed E-state index contributed by atoms with van der Waals surface area (Å²) in [6.45, 7) is -0.372. The monoisotopic (exact) mass is 364 g/mol. The fraction of sp³-hybridized carbons (Fsp3) is 0.150. The lowest BCUT2D eigenvalue weighted by atomic mass is 10.1. The fourth-order valence-electron chi connectivity index (χ4n) is 2.29. The molecule has 0 bridgehead atoms. The number of carbonyl (C=O) groups is 1. The van der Waals surface area contributed by atoms with Crippen LogP contribution in [0.4, 0.5) is 0 Å². The first-order valence-corrected chi connectivity index (χ1v) is 8.07. The van der Waals surface area contributed by atoms with Crippen molar-refractivity contribution in [3.05, 3.63) is 65.9 Å². The van der Waals surface area contributed by atoms with Crippen molar-refractivity contribution in [3.63, 3.8) is 0 Å². The van der Waals surface area contributed by atoms with Crippen LogP contribution < -0.4 is 9.47 Å². The van der Waals surface area contributed by atoms with E-state index in [4.69, 9.17) is 24.0 Å². The Balaban J connectivity index is 1.52. The number of ether oxygens (including phenoxy) is 3. The summed E-state index contributed by atoms with van der Waals surface area (Å²) in [7, 11) is 1.60. The molecule has 0 aliphatic heterocycles. The van der Waals surface area contributed by atoms with Gasteiger partial charge in [-0.05, 0) is 36.4 Å². The molecule has 0 amide bonds. The molecule has 1 heterocycles. The van der Waals surface area contributed by atoms with Crippen LogP contribution in [0, 0.1) is 11.3 Å². The van der Waals surface area contributed by atoms with Crippen LogP contribution in [0.15, 0.2) is 59.1 Å². The highest BCUT2D eigenvalue weighted by Gasteiger charge is 2.11. The summed E-state index contributed by atoms with van der Waals surface area (Å²) in [4.78, 5) is 11.8. The molecule has 7 nitrogen and oxygen atoms in total. The summed E-state index contributed by atoms with van der Waals surface area (Å²) in [6.07, 6.45) is 0. The SMILES string of the molecule is COc1ccc(-c2cc(COC(=O)COc3ccccc3C#N)on2)cc1. The van der Waals surface area contributed by atoms with Gasteiger partial charge in [-0.2, -0.15) is 5.26 Å². The first kappa shape index (κ1) is 18.0. The van der Waals surface area contributed by atoms with Crippen molar-refractivity contribution in [2.75, 3.05) is 13.7 Å². The average Bonchev–Trinajstić information content (AvgIpc) is 3.20. The Morgan fingerprint density at radius 3 is 2.70 bits per heavy atom. The molecule has 2 aromatic carbocycles. The molecule has 3 rings (SSSR count). The predicted octanol–water partition coefficient (Wildman–Crippen LogP) is 3.34. The largest absolute Gasteiger partial charge is 0.497 e. The van der Waals surface area contributed by atoms with E-state index in [-0.39, 0.29) is 13.2 Å². The Labute approximate surface area is 155 Å². The minimum absolute atomic E-state index is 0.0642. The summed E-state index contributed by atoms with van der Waals surface area (Å²) in [6, 6.07) is 17.7. The standard InChI is InChI=1S/C20H16N2O5/c1-24-16-8-6-14(7-9-16)18-10-17(27-22-18)12-26-20(23)13-25-19-5-3-2-4-15(19)11-21/h2-10H,12-13H2,1H3. The molecular weight excluding hydrogens is 348 g/mol. The number of methoxy groups -OCH3 is 1. The van der Waals surface area contributed by atoms with Gasteiger partial charge in [-0.1, -0.05) is 17.3 Å². The second-order valence-corrected chi connectivity index (χ2v) is 5.46. The van der Waals surface area contributed by atoms with E-state index in [0.717, 1.165) is 11.3 Å². The lowest BCUT2D eigenvalue weighted by molar-refractivity contribution is -0.147. The molecule has 0 N–H and O–H groups in total. The molecule has 27 heavy (non-hydrogen) atoms. The molecule has 0 aliphatic carbocycles. The lowest BCUT2D eigenvalue weighted by Gasteiger charge is -2.06. The normalized spacial score (nSPS) is 10.1. The van der Waals surface area contributed by atoms with Crippen LogP contribution >= 0.6 is 0 Å². The Bertz CT molecular complexity index is 957. The van der Waals surface area contributed by atoms with E-state index in [1.54, 1.807) is 37.4 Å². The highest BCUT2D eigenvalue weighted by molar-refractivity contribution is 5.71. The van der Waals surface area contributed by atoms with Gasteiger partial charge in [0.1, 0.15) is 23.3 Å². The summed E-state index contributed by atoms with van der Waals surface area (Å²) < 4.78 is 20.7. The van der Waals surface area contributed by atoms with Gasteiger partial charge in [0.2, 0.25) is 0 Å². The summed E-state index contributed by atoms with van der Waals surface area (Å²) in [5.41, 5.74) is 1.83. The topological polar surface area (TPSA) is 94.6 Å². The number of nitrogens with zero attached hydrogens (tertiary/aromatic N) is 2. The third-order valence-electron chi connectivity index (χ3n) is 3.67. The molecule has 0 saturated heterocycles. The number of para-hydroxylation sites is 1. The Kier molecular flexibility index (Phi) is 5.70. The molecule has 7 heteroatoms. The van der Waals surface area contributed by atoms with Crippen molar-refractivity contribution in [1.82, 2.24) is 5.16 Å². The van der Waals surface area contributed by atoms with Crippen LogP contribution in [0.25, 0.3) is 11.3 Å². The minimum Gasteiger partial charge on any atom is -0.497 e. The number of benzene rings is 2. The van der Waals surface area contributed by atoms with Crippen LogP contribution in [-0.4, -0.2) is 24.8 Å². The quantitative estimate of drug-likeness (QED) is 0.593. The summed E-state index contributed by atoms with van der Waals surface area (Å²) >= 11 is 0. The van der Waals surface area contributed by atoms with Gasteiger partial charge in [0.05, 0.1) is 12.7 Å².